The summed E-state index contributed by atoms with van der Waals surface area (Å²) in [4.78, 5) is 14.9. The van der Waals surface area contributed by atoms with Gasteiger partial charge < -0.3 is 15.0 Å². The summed E-state index contributed by atoms with van der Waals surface area (Å²) in [6.45, 7) is 5.57. The molecule has 1 atom stereocenters. The van der Waals surface area contributed by atoms with Gasteiger partial charge in [-0.15, -0.1) is 10.2 Å². The SMILES string of the molecule is Cc1cc(Br)ccc1NC(=O)CSc1nnc(N2CCCCC2)n1CC1CCCO1. The number of thioether (sulfide) groups is 1. The van der Waals surface area contributed by atoms with E-state index in [4.69, 9.17) is 4.74 Å². The number of hydrogen-bond donors (Lipinski definition) is 1. The fourth-order valence-corrected chi connectivity index (χ4v) is 5.17. The number of nitrogens with one attached hydrogen (secondary N) is 1. The molecule has 2 saturated heterocycles. The van der Waals surface area contributed by atoms with Gasteiger partial charge in [-0.1, -0.05) is 27.7 Å². The molecule has 1 N–H and O–H groups in total. The highest BCUT2D eigenvalue weighted by molar-refractivity contribution is 9.10. The number of carbonyl (C=O) groups is 1. The Labute approximate surface area is 190 Å². The molecule has 1 amide bonds. The van der Waals surface area contributed by atoms with Gasteiger partial charge in [0.15, 0.2) is 5.16 Å². The maximum Gasteiger partial charge on any atom is 0.234 e. The standard InChI is InChI=1S/C21H28BrN5O2S/c1-15-12-16(22)7-8-18(15)23-19(28)14-30-21-25-24-20(26-9-3-2-4-10-26)27(21)13-17-6-5-11-29-17/h7-8,12,17H,2-6,9-11,13-14H2,1H3,(H,23,28). The molecule has 2 aliphatic rings. The molecule has 4 rings (SSSR count). The lowest BCUT2D eigenvalue weighted by molar-refractivity contribution is -0.113. The monoisotopic (exact) mass is 493 g/mol. The number of amides is 1. The number of hydrogen-bond acceptors (Lipinski definition) is 6. The third kappa shape index (κ3) is 5.36. The fourth-order valence-electron chi connectivity index (χ4n) is 3.95. The molecule has 2 aliphatic heterocycles. The van der Waals surface area contributed by atoms with Crippen molar-refractivity contribution in [3.05, 3.63) is 28.2 Å². The summed E-state index contributed by atoms with van der Waals surface area (Å²) < 4.78 is 9.02. The number of ether oxygens (including phenoxy) is 1. The highest BCUT2D eigenvalue weighted by atomic mass is 79.9. The summed E-state index contributed by atoms with van der Waals surface area (Å²) in [6, 6.07) is 5.83. The largest absolute Gasteiger partial charge is 0.376 e. The van der Waals surface area contributed by atoms with Crippen molar-refractivity contribution in [3.63, 3.8) is 0 Å². The zero-order valence-electron chi connectivity index (χ0n) is 17.3. The van der Waals surface area contributed by atoms with E-state index in [-0.39, 0.29) is 12.0 Å². The highest BCUT2D eigenvalue weighted by Gasteiger charge is 2.25. The molecule has 2 fully saturated rings. The Hall–Kier alpha value is -1.58. The molecule has 3 heterocycles. The van der Waals surface area contributed by atoms with E-state index < -0.39 is 0 Å². The van der Waals surface area contributed by atoms with E-state index in [1.165, 1.54) is 31.0 Å². The summed E-state index contributed by atoms with van der Waals surface area (Å²) in [6.07, 6.45) is 6.00. The average molecular weight is 494 g/mol. The first-order valence-electron chi connectivity index (χ1n) is 10.6. The lowest BCUT2D eigenvalue weighted by Crippen LogP contribution is -2.33. The van der Waals surface area contributed by atoms with Crippen LogP contribution in [-0.2, 0) is 16.1 Å². The van der Waals surface area contributed by atoms with Gasteiger partial charge >= 0.3 is 0 Å². The summed E-state index contributed by atoms with van der Waals surface area (Å²) in [5.74, 6) is 1.16. The van der Waals surface area contributed by atoms with Crippen molar-refractivity contribution in [1.82, 2.24) is 14.8 Å². The molecular weight excluding hydrogens is 466 g/mol. The molecule has 1 unspecified atom stereocenters. The van der Waals surface area contributed by atoms with Crippen LogP contribution < -0.4 is 10.2 Å². The minimum Gasteiger partial charge on any atom is -0.376 e. The topological polar surface area (TPSA) is 72.3 Å². The molecule has 162 valence electrons. The van der Waals surface area contributed by atoms with Crippen LogP contribution >= 0.6 is 27.7 Å². The van der Waals surface area contributed by atoms with Gasteiger partial charge in [-0.3, -0.25) is 9.36 Å². The van der Waals surface area contributed by atoms with Crippen LogP contribution in [0.25, 0.3) is 0 Å². The number of nitrogens with zero attached hydrogens (tertiary/aromatic N) is 4. The highest BCUT2D eigenvalue weighted by Crippen LogP contribution is 2.27. The average Bonchev–Trinajstić information content (AvgIpc) is 3.40. The molecular formula is C21H28BrN5O2S. The molecule has 1 aromatic heterocycles. The van der Waals surface area contributed by atoms with E-state index in [0.29, 0.717) is 5.75 Å². The second-order valence-corrected chi connectivity index (χ2v) is 9.73. The van der Waals surface area contributed by atoms with E-state index in [9.17, 15) is 4.79 Å². The summed E-state index contributed by atoms with van der Waals surface area (Å²) in [5.41, 5.74) is 1.86. The van der Waals surface area contributed by atoms with Crippen LogP contribution in [-0.4, -0.2) is 52.2 Å². The molecule has 1 aromatic carbocycles. The molecule has 9 heteroatoms. The predicted molar refractivity (Wildman–Crippen MR) is 123 cm³/mol. The first kappa shape index (κ1) is 21.6. The van der Waals surface area contributed by atoms with Crippen molar-refractivity contribution < 1.29 is 9.53 Å². The Morgan fingerprint density at radius 1 is 1.27 bits per heavy atom. The third-order valence-electron chi connectivity index (χ3n) is 5.54. The molecule has 30 heavy (non-hydrogen) atoms. The van der Waals surface area contributed by atoms with Crippen LogP contribution in [0.15, 0.2) is 27.8 Å². The Bertz CT molecular complexity index is 878. The van der Waals surface area contributed by atoms with Crippen LogP contribution in [0.1, 0.15) is 37.7 Å². The van der Waals surface area contributed by atoms with Crippen molar-refractivity contribution >= 4 is 45.2 Å². The Kier molecular flexibility index (Phi) is 7.32. The number of anilines is 2. The van der Waals surface area contributed by atoms with Crippen LogP contribution in [0.2, 0.25) is 0 Å². The van der Waals surface area contributed by atoms with Gasteiger partial charge in [-0.05, 0) is 62.8 Å². The molecule has 0 spiro atoms. The second-order valence-electron chi connectivity index (χ2n) is 7.87. The van der Waals surface area contributed by atoms with E-state index in [2.05, 4.69) is 40.9 Å². The van der Waals surface area contributed by atoms with Gasteiger partial charge in [-0.2, -0.15) is 0 Å². The minimum atomic E-state index is -0.0448. The molecule has 7 nitrogen and oxygen atoms in total. The number of halogens is 1. The van der Waals surface area contributed by atoms with Crippen molar-refractivity contribution in [2.24, 2.45) is 0 Å². The van der Waals surface area contributed by atoms with Crippen molar-refractivity contribution in [2.75, 3.05) is 35.7 Å². The molecule has 2 aromatic rings. The number of rotatable bonds is 7. The number of piperidine rings is 1. The van der Waals surface area contributed by atoms with E-state index in [1.807, 2.05) is 25.1 Å². The maximum atomic E-state index is 12.6. The number of carbonyl (C=O) groups excluding carboxylic acids is 1. The van der Waals surface area contributed by atoms with Gasteiger partial charge in [0.05, 0.1) is 18.4 Å². The van der Waals surface area contributed by atoms with Gasteiger partial charge in [0, 0.05) is 29.9 Å². The van der Waals surface area contributed by atoms with Gasteiger partial charge in [0.25, 0.3) is 0 Å². The van der Waals surface area contributed by atoms with Crippen LogP contribution in [0.3, 0.4) is 0 Å². The Balaban J connectivity index is 1.44. The first-order valence-corrected chi connectivity index (χ1v) is 12.4. The van der Waals surface area contributed by atoms with Crippen molar-refractivity contribution in [3.8, 4) is 0 Å². The van der Waals surface area contributed by atoms with Gasteiger partial charge in [0.2, 0.25) is 11.9 Å². The molecule has 0 saturated carbocycles. The first-order chi connectivity index (χ1) is 14.6. The smallest absolute Gasteiger partial charge is 0.234 e. The zero-order chi connectivity index (χ0) is 20.9. The van der Waals surface area contributed by atoms with Crippen molar-refractivity contribution in [2.45, 2.75) is 56.8 Å². The number of benzene rings is 1. The summed E-state index contributed by atoms with van der Waals surface area (Å²) in [5, 5.41) is 12.7. The van der Waals surface area contributed by atoms with Crippen LogP contribution in [0.4, 0.5) is 11.6 Å². The quantitative estimate of drug-likeness (QED) is 0.581. The normalized spacial score (nSPS) is 19.3. The Morgan fingerprint density at radius 3 is 2.83 bits per heavy atom. The zero-order valence-corrected chi connectivity index (χ0v) is 19.7. The second kappa shape index (κ2) is 10.2. The minimum absolute atomic E-state index is 0.0448. The van der Waals surface area contributed by atoms with Gasteiger partial charge in [-0.25, -0.2) is 0 Å². The third-order valence-corrected chi connectivity index (χ3v) is 7.00. The number of aryl methyl sites for hydroxylation is 1. The molecule has 0 aliphatic carbocycles. The Morgan fingerprint density at radius 2 is 2.10 bits per heavy atom. The summed E-state index contributed by atoms with van der Waals surface area (Å²) >= 11 is 4.89. The number of aromatic nitrogens is 3. The molecule has 0 radical (unpaired) electrons. The van der Waals surface area contributed by atoms with Crippen LogP contribution in [0, 0.1) is 6.92 Å². The van der Waals surface area contributed by atoms with Crippen LogP contribution in [0.5, 0.6) is 0 Å². The summed E-state index contributed by atoms with van der Waals surface area (Å²) in [7, 11) is 0. The van der Waals surface area contributed by atoms with E-state index >= 15 is 0 Å². The fraction of sp³-hybridized carbons (Fsp3) is 0.571. The maximum absolute atomic E-state index is 12.6. The molecule has 0 bridgehead atoms. The van der Waals surface area contributed by atoms with E-state index in [0.717, 1.165) is 65.9 Å². The predicted octanol–water partition coefficient (Wildman–Crippen LogP) is 4.25. The lowest BCUT2D eigenvalue weighted by Gasteiger charge is -2.28. The van der Waals surface area contributed by atoms with Gasteiger partial charge in [0.1, 0.15) is 0 Å². The van der Waals surface area contributed by atoms with Crippen molar-refractivity contribution in [1.29, 1.82) is 0 Å². The van der Waals surface area contributed by atoms with E-state index in [1.54, 1.807) is 0 Å². The lowest BCUT2D eigenvalue weighted by atomic mass is 10.1.